The van der Waals surface area contributed by atoms with Gasteiger partial charge in [0.25, 0.3) is 11.5 Å². The van der Waals surface area contributed by atoms with E-state index in [-0.39, 0.29) is 23.9 Å². The Labute approximate surface area is 150 Å². The van der Waals surface area contributed by atoms with Gasteiger partial charge < -0.3 is 9.88 Å². The highest BCUT2D eigenvalue weighted by molar-refractivity contribution is 6.36. The Hall–Kier alpha value is -1.85. The number of amides is 1. The summed E-state index contributed by atoms with van der Waals surface area (Å²) in [5.41, 5.74) is 0.231. The van der Waals surface area contributed by atoms with Crippen LogP contribution >= 0.6 is 23.2 Å². The molecule has 0 saturated heterocycles. The number of rotatable bonds is 5. The van der Waals surface area contributed by atoms with Crippen molar-refractivity contribution in [3.8, 4) is 0 Å². The van der Waals surface area contributed by atoms with Crippen LogP contribution < -0.4 is 5.56 Å². The van der Waals surface area contributed by atoms with Gasteiger partial charge in [0, 0.05) is 35.8 Å². The van der Waals surface area contributed by atoms with Gasteiger partial charge in [0.1, 0.15) is 11.4 Å². The van der Waals surface area contributed by atoms with Crippen molar-refractivity contribution in [1.29, 1.82) is 0 Å². The van der Waals surface area contributed by atoms with Gasteiger partial charge in [-0.1, -0.05) is 36.2 Å². The number of carbonyl (C=O) groups is 1. The van der Waals surface area contributed by atoms with E-state index in [1.54, 1.807) is 25.2 Å². The molecule has 1 atom stereocenters. The number of benzene rings is 1. The molecule has 1 unspecified atom stereocenters. The molecule has 24 heavy (non-hydrogen) atoms. The zero-order valence-electron chi connectivity index (χ0n) is 13.8. The number of carbonyl (C=O) groups excluding carboxylic acids is 1. The van der Waals surface area contributed by atoms with Crippen LogP contribution in [0.1, 0.15) is 42.0 Å². The number of hydrogen-bond donors (Lipinski definition) is 1. The van der Waals surface area contributed by atoms with Crippen LogP contribution in [0.2, 0.25) is 10.0 Å². The predicted molar refractivity (Wildman–Crippen MR) is 96.0 cm³/mol. The number of aromatic amines is 1. The highest BCUT2D eigenvalue weighted by atomic mass is 35.5. The SMILES string of the molecule is CCC(C)N(C)C(=O)c1cnc(Cc2c(Cl)cccc2Cl)[nH]c1=O. The summed E-state index contributed by atoms with van der Waals surface area (Å²) in [4.78, 5) is 33.0. The van der Waals surface area contributed by atoms with E-state index in [1.807, 2.05) is 13.8 Å². The molecule has 128 valence electrons. The fraction of sp³-hybridized carbons (Fsp3) is 0.353. The highest BCUT2D eigenvalue weighted by Gasteiger charge is 2.20. The third-order valence-corrected chi connectivity index (χ3v) is 4.77. The molecule has 0 aliphatic carbocycles. The van der Waals surface area contributed by atoms with Crippen LogP contribution in [-0.2, 0) is 6.42 Å². The third-order valence-electron chi connectivity index (χ3n) is 4.06. The molecule has 0 aliphatic rings. The van der Waals surface area contributed by atoms with Crippen molar-refractivity contribution in [2.24, 2.45) is 0 Å². The first kappa shape index (κ1) is 18.5. The Morgan fingerprint density at radius 3 is 2.50 bits per heavy atom. The fourth-order valence-electron chi connectivity index (χ4n) is 2.21. The summed E-state index contributed by atoms with van der Waals surface area (Å²) in [6.45, 7) is 3.90. The van der Waals surface area contributed by atoms with Crippen molar-refractivity contribution < 1.29 is 4.79 Å². The summed E-state index contributed by atoms with van der Waals surface area (Å²) >= 11 is 12.3. The molecule has 0 bridgehead atoms. The molecule has 0 radical (unpaired) electrons. The average molecular weight is 368 g/mol. The molecule has 2 aromatic rings. The zero-order chi connectivity index (χ0) is 17.9. The Morgan fingerprint density at radius 2 is 1.96 bits per heavy atom. The van der Waals surface area contributed by atoms with E-state index in [4.69, 9.17) is 23.2 Å². The van der Waals surface area contributed by atoms with Gasteiger partial charge in [-0.15, -0.1) is 0 Å². The smallest absolute Gasteiger partial charge is 0.263 e. The molecular weight excluding hydrogens is 349 g/mol. The van der Waals surface area contributed by atoms with Crippen LogP contribution in [0.4, 0.5) is 0 Å². The number of aromatic nitrogens is 2. The molecule has 1 aromatic carbocycles. The summed E-state index contributed by atoms with van der Waals surface area (Å²) in [7, 11) is 1.67. The van der Waals surface area contributed by atoms with Gasteiger partial charge in [-0.25, -0.2) is 4.98 Å². The lowest BCUT2D eigenvalue weighted by Gasteiger charge is -2.23. The number of halogens is 2. The molecule has 7 heteroatoms. The van der Waals surface area contributed by atoms with Crippen molar-refractivity contribution >= 4 is 29.1 Å². The first-order valence-corrected chi connectivity index (χ1v) is 8.39. The minimum Gasteiger partial charge on any atom is -0.339 e. The monoisotopic (exact) mass is 367 g/mol. The van der Waals surface area contributed by atoms with Crippen molar-refractivity contribution in [2.45, 2.75) is 32.7 Å². The number of H-pyrrole nitrogens is 1. The molecule has 1 N–H and O–H groups in total. The fourth-order valence-corrected chi connectivity index (χ4v) is 2.74. The number of nitrogens with one attached hydrogen (secondary N) is 1. The maximum absolute atomic E-state index is 12.4. The van der Waals surface area contributed by atoms with E-state index < -0.39 is 5.56 Å². The number of hydrogen-bond acceptors (Lipinski definition) is 3. The molecule has 0 fully saturated rings. The van der Waals surface area contributed by atoms with Gasteiger partial charge in [0.05, 0.1) is 0 Å². The van der Waals surface area contributed by atoms with Crippen LogP contribution in [-0.4, -0.2) is 33.9 Å². The van der Waals surface area contributed by atoms with E-state index in [9.17, 15) is 9.59 Å². The topological polar surface area (TPSA) is 66.1 Å². The standard InChI is InChI=1S/C17H19Cl2N3O2/c1-4-10(2)22(3)17(24)12-9-20-15(21-16(12)23)8-11-13(18)6-5-7-14(11)19/h5-7,9-10H,4,8H2,1-3H3,(H,20,21,23). The summed E-state index contributed by atoms with van der Waals surface area (Å²) in [6, 6.07) is 5.23. The first-order valence-electron chi connectivity index (χ1n) is 7.63. The maximum atomic E-state index is 12.4. The lowest BCUT2D eigenvalue weighted by Crippen LogP contribution is -2.37. The van der Waals surface area contributed by atoms with Gasteiger partial charge in [0.2, 0.25) is 0 Å². The molecule has 1 amide bonds. The molecule has 0 saturated carbocycles. The van der Waals surface area contributed by atoms with Crippen LogP contribution in [0, 0.1) is 0 Å². The molecule has 1 heterocycles. The first-order chi connectivity index (χ1) is 11.3. The van der Waals surface area contributed by atoms with E-state index in [1.165, 1.54) is 11.1 Å². The Kier molecular flexibility index (Phi) is 6.02. The van der Waals surface area contributed by atoms with E-state index in [0.717, 1.165) is 6.42 Å². The Balaban J connectivity index is 2.27. The average Bonchev–Trinajstić information content (AvgIpc) is 2.56. The summed E-state index contributed by atoms with van der Waals surface area (Å²) < 4.78 is 0. The third kappa shape index (κ3) is 3.97. The van der Waals surface area contributed by atoms with Crippen molar-refractivity contribution in [2.75, 3.05) is 7.05 Å². The van der Waals surface area contributed by atoms with Gasteiger partial charge in [-0.2, -0.15) is 0 Å². The second-order valence-electron chi connectivity index (χ2n) is 5.62. The zero-order valence-corrected chi connectivity index (χ0v) is 15.3. The van der Waals surface area contributed by atoms with Crippen LogP contribution in [0.5, 0.6) is 0 Å². The Bertz CT molecular complexity index is 784. The van der Waals surface area contributed by atoms with E-state index in [2.05, 4.69) is 9.97 Å². The van der Waals surface area contributed by atoms with Crippen molar-refractivity contribution in [1.82, 2.24) is 14.9 Å². The highest BCUT2D eigenvalue weighted by Crippen LogP contribution is 2.25. The number of nitrogens with zero attached hydrogens (tertiary/aromatic N) is 2. The lowest BCUT2D eigenvalue weighted by molar-refractivity contribution is 0.0738. The van der Waals surface area contributed by atoms with Gasteiger partial charge in [0.15, 0.2) is 0 Å². The molecular formula is C17H19Cl2N3O2. The second-order valence-corrected chi connectivity index (χ2v) is 6.44. The lowest BCUT2D eigenvalue weighted by atomic mass is 10.1. The van der Waals surface area contributed by atoms with Gasteiger partial charge >= 0.3 is 0 Å². The minimum atomic E-state index is -0.469. The summed E-state index contributed by atoms with van der Waals surface area (Å²) in [5.74, 6) is 0.0539. The summed E-state index contributed by atoms with van der Waals surface area (Å²) in [6.07, 6.45) is 2.39. The minimum absolute atomic E-state index is 0.0202. The van der Waals surface area contributed by atoms with Gasteiger partial charge in [-0.3, -0.25) is 9.59 Å². The normalized spacial score (nSPS) is 12.0. The van der Waals surface area contributed by atoms with Crippen molar-refractivity contribution in [3.63, 3.8) is 0 Å². The van der Waals surface area contributed by atoms with Crippen LogP contribution in [0.25, 0.3) is 0 Å². The van der Waals surface area contributed by atoms with Gasteiger partial charge in [-0.05, 0) is 31.0 Å². The van der Waals surface area contributed by atoms with Crippen LogP contribution in [0.3, 0.4) is 0 Å². The van der Waals surface area contributed by atoms with Crippen molar-refractivity contribution in [3.05, 3.63) is 61.7 Å². The Morgan fingerprint density at radius 1 is 1.33 bits per heavy atom. The van der Waals surface area contributed by atoms with E-state index >= 15 is 0 Å². The maximum Gasteiger partial charge on any atom is 0.263 e. The molecule has 0 spiro atoms. The predicted octanol–water partition coefficient (Wildman–Crippen LogP) is 3.54. The molecule has 0 aliphatic heterocycles. The molecule has 2 rings (SSSR count). The molecule has 5 nitrogen and oxygen atoms in total. The second kappa shape index (κ2) is 7.81. The molecule has 1 aromatic heterocycles. The quantitative estimate of drug-likeness (QED) is 0.878. The summed E-state index contributed by atoms with van der Waals surface area (Å²) in [5, 5.41) is 1.00. The van der Waals surface area contributed by atoms with E-state index in [0.29, 0.717) is 21.4 Å². The largest absolute Gasteiger partial charge is 0.339 e. The van der Waals surface area contributed by atoms with Crippen LogP contribution in [0.15, 0.2) is 29.2 Å².